The molecule has 1 N–H and O–H groups in total. The minimum atomic E-state index is -0.256. The number of carbonyl (C=O) groups excluding carboxylic acids is 1. The monoisotopic (exact) mass is 393 g/mol. The first-order valence-electron chi connectivity index (χ1n) is 10.6. The van der Waals surface area contributed by atoms with Crippen molar-refractivity contribution in [1.82, 2.24) is 10.2 Å². The average molecular weight is 394 g/mol. The maximum atomic E-state index is 13.3. The van der Waals surface area contributed by atoms with Crippen LogP contribution in [0.15, 0.2) is 48.5 Å². The minimum absolute atomic E-state index is 0.102. The van der Waals surface area contributed by atoms with E-state index < -0.39 is 0 Å². The van der Waals surface area contributed by atoms with E-state index in [0.717, 1.165) is 51.5 Å². The van der Waals surface area contributed by atoms with E-state index in [4.69, 9.17) is 4.74 Å². The summed E-state index contributed by atoms with van der Waals surface area (Å²) in [6, 6.07) is 16.7. The van der Waals surface area contributed by atoms with Gasteiger partial charge < -0.3 is 9.64 Å². The number of carbonyl (C=O) groups is 1. The van der Waals surface area contributed by atoms with Gasteiger partial charge in [0.05, 0.1) is 19.3 Å². The van der Waals surface area contributed by atoms with E-state index in [-0.39, 0.29) is 18.0 Å². The highest BCUT2D eigenvalue weighted by Crippen LogP contribution is 2.28. The minimum Gasteiger partial charge on any atom is -0.379 e. The number of anilines is 1. The zero-order valence-corrected chi connectivity index (χ0v) is 17.4. The number of hydrogen-bond acceptors (Lipinski definition) is 4. The van der Waals surface area contributed by atoms with E-state index in [2.05, 4.69) is 53.5 Å². The number of aryl methyl sites for hydroxylation is 1. The molecule has 0 spiro atoms. The zero-order valence-electron chi connectivity index (χ0n) is 17.4. The van der Waals surface area contributed by atoms with Crippen LogP contribution in [0.3, 0.4) is 0 Å². The van der Waals surface area contributed by atoms with Crippen LogP contribution in [0.2, 0.25) is 0 Å². The molecular weight excluding hydrogens is 362 g/mol. The molecule has 29 heavy (non-hydrogen) atoms. The van der Waals surface area contributed by atoms with E-state index >= 15 is 0 Å². The molecule has 1 saturated heterocycles. The molecule has 2 aromatic rings. The number of ether oxygens (including phenoxy) is 1. The maximum absolute atomic E-state index is 13.3. The van der Waals surface area contributed by atoms with E-state index in [0.29, 0.717) is 0 Å². The van der Waals surface area contributed by atoms with Crippen molar-refractivity contribution < 1.29 is 9.53 Å². The van der Waals surface area contributed by atoms with Crippen LogP contribution in [0, 0.1) is 6.92 Å². The lowest BCUT2D eigenvalue weighted by Gasteiger charge is -2.33. The third-order valence-corrected chi connectivity index (χ3v) is 6.00. The van der Waals surface area contributed by atoms with Crippen molar-refractivity contribution in [3.63, 3.8) is 0 Å². The van der Waals surface area contributed by atoms with Gasteiger partial charge in [-0.1, -0.05) is 48.0 Å². The number of fused-ring (bicyclic) bond motifs is 1. The molecule has 0 bridgehead atoms. The number of amides is 1. The molecule has 2 heterocycles. The summed E-state index contributed by atoms with van der Waals surface area (Å²) >= 11 is 0. The molecule has 5 heteroatoms. The van der Waals surface area contributed by atoms with E-state index in [1.807, 2.05) is 24.0 Å². The van der Waals surface area contributed by atoms with Crippen LogP contribution in [0.5, 0.6) is 0 Å². The Bertz CT molecular complexity index is 830. The van der Waals surface area contributed by atoms with Crippen molar-refractivity contribution in [2.24, 2.45) is 0 Å². The highest BCUT2D eigenvalue weighted by atomic mass is 16.5. The van der Waals surface area contributed by atoms with Gasteiger partial charge in [0.25, 0.3) is 0 Å². The Morgan fingerprint density at radius 2 is 1.79 bits per heavy atom. The molecule has 0 saturated carbocycles. The predicted molar refractivity (Wildman–Crippen MR) is 116 cm³/mol. The largest absolute Gasteiger partial charge is 0.379 e. The van der Waals surface area contributed by atoms with Crippen molar-refractivity contribution >= 4 is 11.6 Å². The second kappa shape index (κ2) is 9.08. The van der Waals surface area contributed by atoms with Gasteiger partial charge in [-0.2, -0.15) is 0 Å². The standard InChI is InChI=1S/C24H31N3O2/c1-18-7-9-20(10-8-18)22(17-26-13-15-29-16-14-26)25-19(2)24(28)27-12-11-21-5-3-4-6-23(21)27/h3-10,19,22,25H,11-17H2,1-2H3. The number of para-hydroxylation sites is 1. The highest BCUT2D eigenvalue weighted by Gasteiger charge is 2.29. The van der Waals surface area contributed by atoms with Gasteiger partial charge in [0.2, 0.25) is 5.91 Å². The lowest BCUT2D eigenvalue weighted by atomic mass is 10.0. The van der Waals surface area contributed by atoms with E-state index in [9.17, 15) is 4.79 Å². The van der Waals surface area contributed by atoms with Crippen LogP contribution in [0.4, 0.5) is 5.69 Å². The third kappa shape index (κ3) is 4.69. The van der Waals surface area contributed by atoms with Crippen molar-refractivity contribution in [1.29, 1.82) is 0 Å². The lowest BCUT2D eigenvalue weighted by molar-refractivity contribution is -0.120. The van der Waals surface area contributed by atoms with Gasteiger partial charge in [-0.3, -0.25) is 15.0 Å². The van der Waals surface area contributed by atoms with Gasteiger partial charge in [0.1, 0.15) is 0 Å². The fourth-order valence-corrected chi connectivity index (χ4v) is 4.27. The topological polar surface area (TPSA) is 44.8 Å². The summed E-state index contributed by atoms with van der Waals surface area (Å²) in [4.78, 5) is 17.6. The summed E-state index contributed by atoms with van der Waals surface area (Å²) in [5.74, 6) is 0.147. The number of nitrogens with zero attached hydrogens (tertiary/aromatic N) is 2. The molecule has 154 valence electrons. The van der Waals surface area contributed by atoms with Gasteiger partial charge in [-0.05, 0) is 37.5 Å². The summed E-state index contributed by atoms with van der Waals surface area (Å²) in [5.41, 5.74) is 4.79. The number of hydrogen-bond donors (Lipinski definition) is 1. The number of nitrogens with one attached hydrogen (secondary N) is 1. The molecule has 2 aliphatic rings. The quantitative estimate of drug-likeness (QED) is 0.820. The fraction of sp³-hybridized carbons (Fsp3) is 0.458. The number of rotatable bonds is 6. The van der Waals surface area contributed by atoms with Gasteiger partial charge in [0, 0.05) is 37.9 Å². The zero-order chi connectivity index (χ0) is 20.2. The van der Waals surface area contributed by atoms with Gasteiger partial charge in [-0.15, -0.1) is 0 Å². The van der Waals surface area contributed by atoms with Gasteiger partial charge in [0.15, 0.2) is 0 Å². The first-order chi connectivity index (χ1) is 14.1. The van der Waals surface area contributed by atoms with Gasteiger partial charge in [-0.25, -0.2) is 0 Å². The molecule has 2 unspecified atom stereocenters. The Kier molecular flexibility index (Phi) is 6.28. The van der Waals surface area contributed by atoms with Crippen LogP contribution in [-0.4, -0.2) is 56.2 Å². The maximum Gasteiger partial charge on any atom is 0.243 e. The van der Waals surface area contributed by atoms with E-state index in [1.54, 1.807) is 0 Å². The molecule has 2 aromatic carbocycles. The molecule has 0 aromatic heterocycles. The summed E-state index contributed by atoms with van der Waals surface area (Å²) in [7, 11) is 0. The molecule has 1 fully saturated rings. The Hall–Kier alpha value is -2.21. The molecule has 5 nitrogen and oxygen atoms in total. The Labute approximate surface area is 173 Å². The summed E-state index contributed by atoms with van der Waals surface area (Å²) in [6.07, 6.45) is 0.934. The van der Waals surface area contributed by atoms with Crippen molar-refractivity contribution in [3.8, 4) is 0 Å². The molecule has 1 amide bonds. The van der Waals surface area contributed by atoms with Crippen LogP contribution in [0.1, 0.15) is 29.7 Å². The highest BCUT2D eigenvalue weighted by molar-refractivity contribution is 5.98. The second-order valence-electron chi connectivity index (χ2n) is 8.13. The van der Waals surface area contributed by atoms with Crippen LogP contribution < -0.4 is 10.2 Å². The number of benzene rings is 2. The first-order valence-corrected chi connectivity index (χ1v) is 10.6. The Morgan fingerprint density at radius 1 is 1.07 bits per heavy atom. The van der Waals surface area contributed by atoms with Crippen LogP contribution in [0.25, 0.3) is 0 Å². The van der Waals surface area contributed by atoms with Crippen molar-refractivity contribution in [2.75, 3.05) is 44.3 Å². The molecule has 0 radical (unpaired) electrons. The predicted octanol–water partition coefficient (Wildman–Crippen LogP) is 2.94. The summed E-state index contributed by atoms with van der Waals surface area (Å²) < 4.78 is 5.50. The second-order valence-corrected chi connectivity index (χ2v) is 8.13. The van der Waals surface area contributed by atoms with Crippen molar-refractivity contribution in [3.05, 3.63) is 65.2 Å². The number of morpholine rings is 1. The van der Waals surface area contributed by atoms with Crippen molar-refractivity contribution in [2.45, 2.75) is 32.4 Å². The Balaban J connectivity index is 1.48. The first kappa shape index (κ1) is 20.1. The SMILES string of the molecule is Cc1ccc(C(CN2CCOCC2)NC(C)C(=O)N2CCc3ccccc32)cc1. The molecule has 2 aliphatic heterocycles. The summed E-state index contributed by atoms with van der Waals surface area (Å²) in [5, 5.41) is 3.63. The van der Waals surface area contributed by atoms with E-state index in [1.165, 1.54) is 16.7 Å². The average Bonchev–Trinajstić information content (AvgIpc) is 3.18. The molecule has 0 aliphatic carbocycles. The van der Waals surface area contributed by atoms with Gasteiger partial charge >= 0.3 is 0 Å². The van der Waals surface area contributed by atoms with Crippen LogP contribution >= 0.6 is 0 Å². The molecule has 4 rings (SSSR count). The third-order valence-electron chi connectivity index (χ3n) is 6.00. The molecular formula is C24H31N3O2. The van der Waals surface area contributed by atoms with Crippen LogP contribution in [-0.2, 0) is 16.0 Å². The fourth-order valence-electron chi connectivity index (χ4n) is 4.27. The normalized spacial score (nSPS) is 19.0. The lowest BCUT2D eigenvalue weighted by Crippen LogP contribution is -2.49. The Morgan fingerprint density at radius 3 is 2.55 bits per heavy atom. The smallest absolute Gasteiger partial charge is 0.243 e. The molecule has 2 atom stereocenters. The summed E-state index contributed by atoms with van der Waals surface area (Å²) in [6.45, 7) is 9.16.